The van der Waals surface area contributed by atoms with E-state index in [2.05, 4.69) is 6.07 Å². The number of hydrogen-bond acceptors (Lipinski definition) is 9. The van der Waals surface area contributed by atoms with Gasteiger partial charge in [-0.2, -0.15) is 5.26 Å². The third kappa shape index (κ3) is 3.47. The summed E-state index contributed by atoms with van der Waals surface area (Å²) in [5.74, 6) is 0.838. The molecule has 1 saturated heterocycles. The number of carbonyl (C=O) groups is 1. The Hall–Kier alpha value is -3.80. The molecule has 0 unspecified atom stereocenters. The van der Waals surface area contributed by atoms with E-state index in [4.69, 9.17) is 28.4 Å². The molecule has 2 aromatic rings. The molecular formula is C23H23NO8. The first-order valence-electron chi connectivity index (χ1n) is 9.94. The summed E-state index contributed by atoms with van der Waals surface area (Å²) in [6.45, 7) is 0.174. The number of esters is 1. The Morgan fingerprint density at radius 1 is 1.03 bits per heavy atom. The topological polar surface area (TPSA) is 116 Å². The van der Waals surface area contributed by atoms with Crippen LogP contribution < -0.4 is 23.7 Å². The van der Waals surface area contributed by atoms with Crippen LogP contribution in [0.15, 0.2) is 24.3 Å². The molecule has 0 spiro atoms. The van der Waals surface area contributed by atoms with Crippen LogP contribution in [0, 0.1) is 22.7 Å². The fourth-order valence-corrected chi connectivity index (χ4v) is 4.20. The van der Waals surface area contributed by atoms with Gasteiger partial charge in [0.2, 0.25) is 18.3 Å². The van der Waals surface area contributed by atoms with E-state index in [1.165, 1.54) is 21.3 Å². The molecule has 2 aliphatic rings. The molecule has 0 aliphatic carbocycles. The molecule has 0 radical (unpaired) electrons. The van der Waals surface area contributed by atoms with Gasteiger partial charge < -0.3 is 33.5 Å². The maximum atomic E-state index is 12.8. The third-order valence-electron chi connectivity index (χ3n) is 5.90. The lowest BCUT2D eigenvalue weighted by Gasteiger charge is -2.24. The van der Waals surface area contributed by atoms with Crippen molar-refractivity contribution in [2.24, 2.45) is 11.3 Å². The van der Waals surface area contributed by atoms with E-state index in [0.717, 1.165) is 5.56 Å². The Morgan fingerprint density at radius 2 is 1.69 bits per heavy atom. The van der Waals surface area contributed by atoms with Crippen molar-refractivity contribution < 1.29 is 38.3 Å². The number of nitrogens with zero attached hydrogens (tertiary/aromatic N) is 1. The first-order valence-corrected chi connectivity index (χ1v) is 9.94. The molecule has 4 rings (SSSR count). The van der Waals surface area contributed by atoms with Crippen molar-refractivity contribution in [2.45, 2.75) is 12.8 Å². The van der Waals surface area contributed by atoms with E-state index in [9.17, 15) is 15.2 Å². The van der Waals surface area contributed by atoms with Gasteiger partial charge in [-0.15, -0.1) is 0 Å². The van der Waals surface area contributed by atoms with E-state index in [-0.39, 0.29) is 37.1 Å². The van der Waals surface area contributed by atoms with Gasteiger partial charge in [-0.3, -0.25) is 4.79 Å². The molecule has 2 aliphatic heterocycles. The van der Waals surface area contributed by atoms with Gasteiger partial charge in [0.15, 0.2) is 28.4 Å². The lowest BCUT2D eigenvalue weighted by atomic mass is 9.71. The van der Waals surface area contributed by atoms with Crippen LogP contribution in [0.2, 0.25) is 0 Å². The van der Waals surface area contributed by atoms with Crippen molar-refractivity contribution in [3.05, 3.63) is 35.4 Å². The smallest absolute Gasteiger partial charge is 0.327 e. The van der Waals surface area contributed by atoms with Gasteiger partial charge in [-0.1, -0.05) is 0 Å². The Kier molecular flexibility index (Phi) is 5.61. The largest absolute Gasteiger partial charge is 0.502 e. The number of carbonyl (C=O) groups excluding carboxylic acids is 1. The minimum atomic E-state index is -1.41. The quantitative estimate of drug-likeness (QED) is 0.647. The number of hydrogen-bond donors (Lipinski definition) is 1. The molecule has 32 heavy (non-hydrogen) atoms. The number of rotatable bonds is 7. The van der Waals surface area contributed by atoms with Gasteiger partial charge >= 0.3 is 5.97 Å². The average molecular weight is 441 g/mol. The van der Waals surface area contributed by atoms with Crippen LogP contribution in [0.3, 0.4) is 0 Å². The highest BCUT2D eigenvalue weighted by Crippen LogP contribution is 2.46. The molecule has 2 aromatic carbocycles. The second kappa shape index (κ2) is 8.38. The zero-order chi connectivity index (χ0) is 22.9. The highest BCUT2D eigenvalue weighted by atomic mass is 16.7. The molecule has 0 amide bonds. The van der Waals surface area contributed by atoms with Gasteiger partial charge in [0, 0.05) is 12.3 Å². The van der Waals surface area contributed by atoms with E-state index in [0.29, 0.717) is 29.2 Å². The summed E-state index contributed by atoms with van der Waals surface area (Å²) in [4.78, 5) is 12.8. The van der Waals surface area contributed by atoms with Gasteiger partial charge in [-0.05, 0) is 41.8 Å². The van der Waals surface area contributed by atoms with E-state index in [1.54, 1.807) is 24.3 Å². The SMILES string of the molecule is COc1cc(C[C@H]2COC(=O)[C@]2(C#N)Cc2cc(OC)c3c(c2)OCO3)cc(OC)c1O. The fourth-order valence-electron chi connectivity index (χ4n) is 4.20. The Labute approximate surface area is 185 Å². The van der Waals surface area contributed by atoms with Crippen molar-refractivity contribution in [2.75, 3.05) is 34.7 Å². The lowest BCUT2D eigenvalue weighted by Crippen LogP contribution is -2.35. The van der Waals surface area contributed by atoms with Crippen LogP contribution >= 0.6 is 0 Å². The first-order chi connectivity index (χ1) is 15.4. The highest BCUT2D eigenvalue weighted by molar-refractivity contribution is 5.83. The number of nitriles is 1. The summed E-state index contributed by atoms with van der Waals surface area (Å²) in [7, 11) is 4.39. The normalized spacial score (nSPS) is 21.1. The number of fused-ring (bicyclic) bond motifs is 1. The van der Waals surface area contributed by atoms with Gasteiger partial charge in [-0.25, -0.2) is 0 Å². The molecule has 2 heterocycles. The molecule has 9 nitrogen and oxygen atoms in total. The Balaban J connectivity index is 1.68. The van der Waals surface area contributed by atoms with Crippen molar-refractivity contribution in [1.82, 2.24) is 0 Å². The molecule has 168 valence electrons. The summed E-state index contributed by atoms with van der Waals surface area (Å²) in [5, 5.41) is 20.3. The first kappa shape index (κ1) is 21.4. The average Bonchev–Trinajstić information content (AvgIpc) is 3.39. The zero-order valence-electron chi connectivity index (χ0n) is 18.0. The second-order valence-corrected chi connectivity index (χ2v) is 7.64. The highest BCUT2D eigenvalue weighted by Gasteiger charge is 2.53. The molecule has 9 heteroatoms. The molecule has 1 N–H and O–H groups in total. The van der Waals surface area contributed by atoms with Gasteiger partial charge in [0.05, 0.1) is 34.0 Å². The molecule has 0 aromatic heterocycles. The summed E-state index contributed by atoms with van der Waals surface area (Å²) >= 11 is 0. The minimum Gasteiger partial charge on any atom is -0.502 e. The minimum absolute atomic E-state index is 0.0771. The van der Waals surface area contributed by atoms with Crippen LogP contribution in [0.4, 0.5) is 0 Å². The van der Waals surface area contributed by atoms with E-state index < -0.39 is 17.3 Å². The second-order valence-electron chi connectivity index (χ2n) is 7.64. The monoisotopic (exact) mass is 441 g/mol. The van der Waals surface area contributed by atoms with Crippen molar-refractivity contribution in [1.29, 1.82) is 5.26 Å². The molecule has 0 bridgehead atoms. The van der Waals surface area contributed by atoms with Gasteiger partial charge in [0.25, 0.3) is 0 Å². The van der Waals surface area contributed by atoms with E-state index >= 15 is 0 Å². The maximum Gasteiger partial charge on any atom is 0.327 e. The number of cyclic esters (lactones) is 1. The van der Waals surface area contributed by atoms with Crippen LogP contribution in [0.1, 0.15) is 11.1 Å². The Bertz CT molecular complexity index is 1070. The van der Waals surface area contributed by atoms with Crippen LogP contribution in [-0.4, -0.2) is 45.8 Å². The molecular weight excluding hydrogens is 418 g/mol. The van der Waals surface area contributed by atoms with Crippen molar-refractivity contribution in [3.8, 4) is 40.6 Å². The van der Waals surface area contributed by atoms with Crippen LogP contribution in [0.5, 0.6) is 34.5 Å². The van der Waals surface area contributed by atoms with Crippen molar-refractivity contribution >= 4 is 5.97 Å². The number of phenolic OH excluding ortho intramolecular Hbond substituents is 1. The summed E-state index contributed by atoms with van der Waals surface area (Å²) in [5.41, 5.74) is 0.0249. The summed E-state index contributed by atoms with van der Waals surface area (Å²) in [6.07, 6.45) is 0.459. The third-order valence-corrected chi connectivity index (χ3v) is 5.90. The predicted octanol–water partition coefficient (Wildman–Crippen LogP) is 2.61. The Morgan fingerprint density at radius 3 is 2.31 bits per heavy atom. The number of ether oxygens (including phenoxy) is 6. The van der Waals surface area contributed by atoms with Gasteiger partial charge in [0.1, 0.15) is 0 Å². The molecule has 0 saturated carbocycles. The standard InChI is InChI=1S/C23H23NO8/c1-27-16-5-13(6-17(28-2)20(16)25)4-15-10-30-22(26)23(15,11-24)9-14-7-18(29-3)21-19(8-14)31-12-32-21/h5-8,15,25H,4,9-10,12H2,1-3H3/t15-,23-/m0/s1. The number of methoxy groups -OCH3 is 3. The maximum absolute atomic E-state index is 12.8. The number of aromatic hydroxyl groups is 1. The lowest BCUT2D eigenvalue weighted by molar-refractivity contribution is -0.144. The molecule has 2 atom stereocenters. The summed E-state index contributed by atoms with van der Waals surface area (Å²) < 4.78 is 32.1. The van der Waals surface area contributed by atoms with Crippen LogP contribution in [-0.2, 0) is 22.4 Å². The van der Waals surface area contributed by atoms with Crippen molar-refractivity contribution in [3.63, 3.8) is 0 Å². The predicted molar refractivity (Wildman–Crippen MR) is 110 cm³/mol. The fraction of sp³-hybridized carbons (Fsp3) is 0.391. The van der Waals surface area contributed by atoms with E-state index in [1.807, 2.05) is 0 Å². The summed E-state index contributed by atoms with van der Waals surface area (Å²) in [6, 6.07) is 9.03. The van der Waals surface area contributed by atoms with Crippen LogP contribution in [0.25, 0.3) is 0 Å². The number of benzene rings is 2. The zero-order valence-corrected chi connectivity index (χ0v) is 18.0. The number of phenols is 1. The molecule has 1 fully saturated rings.